The van der Waals surface area contributed by atoms with Crippen LogP contribution in [0.2, 0.25) is 0 Å². The second-order valence-electron chi connectivity index (χ2n) is 0.868. The van der Waals surface area contributed by atoms with Crippen LogP contribution in [0.4, 0.5) is 0 Å². The second kappa shape index (κ2) is 3.56. The van der Waals surface area contributed by atoms with E-state index in [2.05, 4.69) is 18.5 Å². The third-order valence-electron chi connectivity index (χ3n) is 0.319. The van der Waals surface area contributed by atoms with E-state index in [0.717, 1.165) is 0 Å². The molecule has 0 aliphatic carbocycles. The number of hydrogen-bond donors (Lipinski definition) is 1. The standard InChI is InChI=1S/C3H7OS2/c1-6(4)3-2-5/h5H,1-3H2/q-1. The van der Waals surface area contributed by atoms with Crippen molar-refractivity contribution in [2.24, 2.45) is 0 Å². The van der Waals surface area contributed by atoms with Crippen LogP contribution in [0.15, 0.2) is 0 Å². The molecule has 0 N–H and O–H groups in total. The van der Waals surface area contributed by atoms with Gasteiger partial charge in [0, 0.05) is 0 Å². The zero-order chi connectivity index (χ0) is 4.99. The molecule has 0 aliphatic rings. The predicted molar refractivity (Wildman–Crippen MR) is 33.9 cm³/mol. The van der Waals surface area contributed by atoms with Crippen LogP contribution >= 0.6 is 12.6 Å². The van der Waals surface area contributed by atoms with Crippen LogP contribution in [0.1, 0.15) is 0 Å². The summed E-state index contributed by atoms with van der Waals surface area (Å²) in [4.78, 5) is 0. The first-order valence-electron chi connectivity index (χ1n) is 1.56. The van der Waals surface area contributed by atoms with E-state index in [4.69, 9.17) is 0 Å². The average molecular weight is 123 g/mol. The maximum atomic E-state index is 9.99. The molecule has 0 unspecified atom stereocenters. The van der Waals surface area contributed by atoms with Gasteiger partial charge in [-0.3, -0.25) is 10.4 Å². The van der Waals surface area contributed by atoms with Crippen molar-refractivity contribution in [2.45, 2.75) is 0 Å². The van der Waals surface area contributed by atoms with Crippen molar-refractivity contribution in [1.82, 2.24) is 0 Å². The minimum atomic E-state index is -0.892. The fourth-order valence-corrected chi connectivity index (χ4v) is 0.916. The lowest BCUT2D eigenvalue weighted by Gasteiger charge is -1.90. The smallest absolute Gasteiger partial charge is 0.0262 e. The van der Waals surface area contributed by atoms with Crippen molar-refractivity contribution in [3.05, 3.63) is 0 Å². The molecule has 0 aromatic carbocycles. The molecule has 0 radical (unpaired) electrons. The largest absolute Gasteiger partial charge is 0.462 e. The van der Waals surface area contributed by atoms with E-state index in [0.29, 0.717) is 11.5 Å². The average Bonchev–Trinajstić information content (AvgIpc) is 1.35. The Labute approximate surface area is 45.2 Å². The molecule has 1 nitrogen and oxygen atoms in total. The molecular weight excluding hydrogens is 116 g/mol. The first-order valence-corrected chi connectivity index (χ1v) is 3.68. The minimum absolute atomic E-state index is 0.600. The highest BCUT2D eigenvalue weighted by Gasteiger charge is 1.60. The Balaban J connectivity index is 3.07. The van der Waals surface area contributed by atoms with E-state index in [9.17, 15) is 4.21 Å². The van der Waals surface area contributed by atoms with Gasteiger partial charge in [0.1, 0.15) is 0 Å². The van der Waals surface area contributed by atoms with E-state index < -0.39 is 10.4 Å². The third kappa shape index (κ3) is 4.37. The zero-order valence-electron chi connectivity index (χ0n) is 3.39. The molecule has 0 aromatic heterocycles. The molecule has 0 fully saturated rings. The lowest BCUT2D eigenvalue weighted by Crippen LogP contribution is -1.83. The fraction of sp³-hybridized carbons (Fsp3) is 0.667. The molecular formula is C3H7OS2-. The van der Waals surface area contributed by atoms with Crippen LogP contribution < -0.4 is 0 Å². The van der Waals surface area contributed by atoms with Crippen molar-refractivity contribution in [1.29, 1.82) is 0 Å². The minimum Gasteiger partial charge on any atom is -0.462 e. The Kier molecular flexibility index (Phi) is 3.78. The number of thiol groups is 1. The van der Waals surface area contributed by atoms with Crippen LogP contribution in [0.3, 0.4) is 0 Å². The first kappa shape index (κ1) is 6.37. The highest BCUT2D eigenvalue weighted by molar-refractivity contribution is 7.85. The van der Waals surface area contributed by atoms with E-state index >= 15 is 0 Å². The van der Waals surface area contributed by atoms with Gasteiger partial charge in [-0.2, -0.15) is 18.5 Å². The Bertz CT molecular complexity index is 76.8. The van der Waals surface area contributed by atoms with Crippen LogP contribution in [0, 0.1) is 0 Å². The maximum Gasteiger partial charge on any atom is -0.0262 e. The van der Waals surface area contributed by atoms with Gasteiger partial charge in [0.2, 0.25) is 0 Å². The molecule has 0 rings (SSSR count). The van der Waals surface area contributed by atoms with Gasteiger partial charge in [0.25, 0.3) is 0 Å². The molecule has 0 amide bonds. The second-order valence-corrected chi connectivity index (χ2v) is 2.60. The van der Waals surface area contributed by atoms with Crippen LogP contribution in [0.25, 0.3) is 0 Å². The summed E-state index contributed by atoms with van der Waals surface area (Å²) in [5.74, 6) is 4.51. The normalized spacial score (nSPS) is 9.67. The van der Waals surface area contributed by atoms with Crippen molar-refractivity contribution in [3.8, 4) is 0 Å². The summed E-state index contributed by atoms with van der Waals surface area (Å²) >= 11 is 3.83. The SMILES string of the molecule is C=[S-](=O)CCS. The Hall–Kier alpha value is 0.370. The van der Waals surface area contributed by atoms with Crippen molar-refractivity contribution < 1.29 is 4.21 Å². The van der Waals surface area contributed by atoms with E-state index in [1.54, 1.807) is 0 Å². The predicted octanol–water partition coefficient (Wildman–Crippen LogP) is 0.312. The lowest BCUT2D eigenvalue weighted by molar-refractivity contribution is 0.604. The van der Waals surface area contributed by atoms with Crippen molar-refractivity contribution in [3.63, 3.8) is 0 Å². The Morgan fingerprint density at radius 3 is 2.33 bits per heavy atom. The van der Waals surface area contributed by atoms with Crippen molar-refractivity contribution in [2.75, 3.05) is 11.5 Å². The topological polar surface area (TPSA) is 17.1 Å². The maximum absolute atomic E-state index is 9.99. The van der Waals surface area contributed by atoms with Gasteiger partial charge in [0.05, 0.1) is 0 Å². The molecule has 0 spiro atoms. The van der Waals surface area contributed by atoms with E-state index in [-0.39, 0.29) is 0 Å². The molecule has 0 aliphatic heterocycles. The quantitative estimate of drug-likeness (QED) is 0.318. The molecule has 0 bridgehead atoms. The molecule has 3 heteroatoms. The molecule has 6 heavy (non-hydrogen) atoms. The molecule has 0 heterocycles. The van der Waals surface area contributed by atoms with Crippen LogP contribution in [-0.2, 0) is 14.6 Å². The fourth-order valence-electron chi connectivity index (χ4n) is 0.102. The van der Waals surface area contributed by atoms with Gasteiger partial charge in [0.15, 0.2) is 0 Å². The Morgan fingerprint density at radius 1 is 1.83 bits per heavy atom. The van der Waals surface area contributed by atoms with Gasteiger partial charge in [-0.15, -0.1) is 0 Å². The molecule has 0 atom stereocenters. The first-order chi connectivity index (χ1) is 2.77. The summed E-state index contributed by atoms with van der Waals surface area (Å²) < 4.78 is 9.99. The van der Waals surface area contributed by atoms with Gasteiger partial charge < -0.3 is 4.21 Å². The van der Waals surface area contributed by atoms with E-state index in [1.807, 2.05) is 0 Å². The third-order valence-corrected chi connectivity index (χ3v) is 1.50. The summed E-state index contributed by atoms with van der Waals surface area (Å²) in [6.45, 7) is 0. The summed E-state index contributed by atoms with van der Waals surface area (Å²) in [5.41, 5.74) is 0. The summed E-state index contributed by atoms with van der Waals surface area (Å²) in [5, 5.41) is 0. The Morgan fingerprint density at radius 2 is 2.33 bits per heavy atom. The summed E-state index contributed by atoms with van der Waals surface area (Å²) in [7, 11) is -0.892. The van der Waals surface area contributed by atoms with Crippen LogP contribution in [-0.4, -0.2) is 17.4 Å². The molecule has 0 saturated heterocycles. The van der Waals surface area contributed by atoms with Gasteiger partial charge in [-0.25, -0.2) is 0 Å². The van der Waals surface area contributed by atoms with Gasteiger partial charge >= 0.3 is 0 Å². The molecule has 0 aromatic rings. The molecule has 0 saturated carbocycles. The van der Waals surface area contributed by atoms with Crippen molar-refractivity contribution >= 4 is 28.9 Å². The number of rotatable bonds is 2. The number of hydrogen-bond acceptors (Lipinski definition) is 3. The zero-order valence-corrected chi connectivity index (χ0v) is 5.10. The molecule has 38 valence electrons. The highest BCUT2D eigenvalue weighted by atomic mass is 32.2. The highest BCUT2D eigenvalue weighted by Crippen LogP contribution is 1.70. The van der Waals surface area contributed by atoms with Gasteiger partial charge in [-0.1, -0.05) is 5.75 Å². The van der Waals surface area contributed by atoms with Crippen LogP contribution in [0.5, 0.6) is 0 Å². The summed E-state index contributed by atoms with van der Waals surface area (Å²) in [6, 6.07) is 0. The van der Waals surface area contributed by atoms with Gasteiger partial charge in [-0.05, 0) is 5.75 Å². The van der Waals surface area contributed by atoms with E-state index in [1.165, 1.54) is 0 Å². The monoisotopic (exact) mass is 123 g/mol. The lowest BCUT2D eigenvalue weighted by atomic mass is 11.0. The summed E-state index contributed by atoms with van der Waals surface area (Å²) in [6.07, 6.45) is 0.